The maximum absolute atomic E-state index is 13.3. The summed E-state index contributed by atoms with van der Waals surface area (Å²) in [6, 6.07) is 7.86. The molecule has 26 heavy (non-hydrogen) atoms. The molecule has 2 aliphatic rings. The van der Waals surface area contributed by atoms with Crippen molar-refractivity contribution in [2.45, 2.75) is 57.9 Å². The van der Waals surface area contributed by atoms with Gasteiger partial charge in [0.05, 0.1) is 12.5 Å². The Morgan fingerprint density at radius 2 is 2.19 bits per heavy atom. The number of rotatable bonds is 8. The van der Waals surface area contributed by atoms with Gasteiger partial charge < -0.3 is 15.2 Å². The van der Waals surface area contributed by atoms with E-state index in [1.54, 1.807) is 7.11 Å². The Bertz CT molecular complexity index is 674. The molecule has 4 unspecified atom stereocenters. The van der Waals surface area contributed by atoms with Crippen molar-refractivity contribution in [2.75, 3.05) is 7.11 Å². The Balaban J connectivity index is 1.76. The number of carboxylic acid groups (broad SMARTS) is 1. The average molecular weight is 359 g/mol. The first-order valence-electron chi connectivity index (χ1n) is 9.58. The number of ether oxygens (including phenoxy) is 1. The molecule has 3 rings (SSSR count). The highest BCUT2D eigenvalue weighted by atomic mass is 16.5. The van der Waals surface area contributed by atoms with Gasteiger partial charge in [-0.2, -0.15) is 0 Å². The maximum atomic E-state index is 13.3. The molecule has 5 nitrogen and oxygen atoms in total. The molecular formula is C21H29NO4. The zero-order chi connectivity index (χ0) is 18.7. The Morgan fingerprint density at radius 3 is 2.81 bits per heavy atom. The van der Waals surface area contributed by atoms with Crippen LogP contribution in [0.25, 0.3) is 0 Å². The third kappa shape index (κ3) is 3.87. The molecule has 2 fully saturated rings. The SMILES string of the molecule is COc1cccc(CC2(C(=O)NC(C)CCC(=O)O)CC3CCC2C3)c1. The fraction of sp³-hybridized carbons (Fsp3) is 0.619. The predicted octanol–water partition coefficient (Wildman–Crippen LogP) is 3.41. The summed E-state index contributed by atoms with van der Waals surface area (Å²) in [5, 5.41) is 12.0. The first kappa shape index (κ1) is 18.7. The van der Waals surface area contributed by atoms with Gasteiger partial charge in [0, 0.05) is 12.5 Å². The van der Waals surface area contributed by atoms with Crippen molar-refractivity contribution >= 4 is 11.9 Å². The average Bonchev–Trinajstić information content (AvgIpc) is 3.21. The van der Waals surface area contributed by atoms with Gasteiger partial charge in [-0.15, -0.1) is 0 Å². The van der Waals surface area contributed by atoms with E-state index in [-0.39, 0.29) is 23.8 Å². The zero-order valence-corrected chi connectivity index (χ0v) is 15.7. The molecule has 0 saturated heterocycles. The minimum atomic E-state index is -0.822. The van der Waals surface area contributed by atoms with Crippen LogP contribution in [0.1, 0.15) is 51.0 Å². The topological polar surface area (TPSA) is 75.6 Å². The fourth-order valence-corrected chi connectivity index (χ4v) is 4.95. The number of carbonyl (C=O) groups is 2. The summed E-state index contributed by atoms with van der Waals surface area (Å²) in [6.07, 6.45) is 5.69. The molecule has 1 aromatic rings. The van der Waals surface area contributed by atoms with E-state index >= 15 is 0 Å². The van der Waals surface area contributed by atoms with Crippen molar-refractivity contribution in [3.05, 3.63) is 29.8 Å². The number of nitrogens with one attached hydrogen (secondary N) is 1. The quantitative estimate of drug-likeness (QED) is 0.746. The van der Waals surface area contributed by atoms with Crippen molar-refractivity contribution in [1.82, 2.24) is 5.32 Å². The van der Waals surface area contributed by atoms with Crippen LogP contribution in [0.5, 0.6) is 5.75 Å². The van der Waals surface area contributed by atoms with E-state index in [0.717, 1.165) is 37.0 Å². The Kier molecular flexibility index (Phi) is 5.54. The Morgan fingerprint density at radius 1 is 1.38 bits per heavy atom. The second-order valence-corrected chi connectivity index (χ2v) is 8.07. The molecule has 0 radical (unpaired) electrons. The van der Waals surface area contributed by atoms with E-state index in [1.807, 2.05) is 25.1 Å². The molecule has 1 amide bonds. The molecule has 0 aliphatic heterocycles. The summed E-state index contributed by atoms with van der Waals surface area (Å²) in [4.78, 5) is 24.1. The van der Waals surface area contributed by atoms with Gasteiger partial charge in [-0.1, -0.05) is 18.6 Å². The molecule has 0 spiro atoms. The predicted molar refractivity (Wildman–Crippen MR) is 99.1 cm³/mol. The first-order chi connectivity index (χ1) is 12.4. The van der Waals surface area contributed by atoms with Crippen LogP contribution >= 0.6 is 0 Å². The molecule has 1 aromatic carbocycles. The number of fused-ring (bicyclic) bond motifs is 2. The van der Waals surface area contributed by atoms with E-state index in [4.69, 9.17) is 9.84 Å². The second-order valence-electron chi connectivity index (χ2n) is 8.07. The highest BCUT2D eigenvalue weighted by molar-refractivity contribution is 5.84. The summed E-state index contributed by atoms with van der Waals surface area (Å²) < 4.78 is 5.34. The van der Waals surface area contributed by atoms with Gasteiger partial charge in [0.15, 0.2) is 0 Å². The normalized spacial score (nSPS) is 27.9. The molecule has 4 atom stereocenters. The second kappa shape index (κ2) is 7.68. The minimum Gasteiger partial charge on any atom is -0.497 e. The molecule has 2 aliphatic carbocycles. The van der Waals surface area contributed by atoms with Crippen LogP contribution in [0.2, 0.25) is 0 Å². The molecule has 2 N–H and O–H groups in total. The van der Waals surface area contributed by atoms with Crippen LogP contribution in [0.15, 0.2) is 24.3 Å². The lowest BCUT2D eigenvalue weighted by Gasteiger charge is -2.37. The Labute approximate surface area is 155 Å². The van der Waals surface area contributed by atoms with E-state index in [1.165, 1.54) is 6.42 Å². The first-order valence-corrected chi connectivity index (χ1v) is 9.58. The number of hydrogen-bond acceptors (Lipinski definition) is 3. The van der Waals surface area contributed by atoms with Crippen molar-refractivity contribution in [2.24, 2.45) is 17.3 Å². The molecule has 0 aromatic heterocycles. The van der Waals surface area contributed by atoms with Crippen LogP contribution in [0.3, 0.4) is 0 Å². The van der Waals surface area contributed by atoms with Crippen molar-refractivity contribution < 1.29 is 19.4 Å². The molecule has 0 heterocycles. The highest BCUT2D eigenvalue weighted by Gasteiger charge is 2.55. The maximum Gasteiger partial charge on any atom is 0.303 e. The third-order valence-corrected chi connectivity index (χ3v) is 6.25. The van der Waals surface area contributed by atoms with Gasteiger partial charge in [0.1, 0.15) is 5.75 Å². The van der Waals surface area contributed by atoms with Gasteiger partial charge in [-0.05, 0) is 68.6 Å². The van der Waals surface area contributed by atoms with Gasteiger partial charge in [0.2, 0.25) is 5.91 Å². The summed E-state index contributed by atoms with van der Waals surface area (Å²) >= 11 is 0. The largest absolute Gasteiger partial charge is 0.497 e. The molecular weight excluding hydrogens is 330 g/mol. The summed E-state index contributed by atoms with van der Waals surface area (Å²) in [5.74, 6) is 1.16. The van der Waals surface area contributed by atoms with Crippen LogP contribution in [0.4, 0.5) is 0 Å². The van der Waals surface area contributed by atoms with Crippen LogP contribution in [-0.4, -0.2) is 30.1 Å². The number of benzene rings is 1. The molecule has 2 saturated carbocycles. The number of carbonyl (C=O) groups excluding carboxylic acids is 1. The molecule has 2 bridgehead atoms. The van der Waals surface area contributed by atoms with Crippen molar-refractivity contribution in [3.63, 3.8) is 0 Å². The lowest BCUT2D eigenvalue weighted by atomic mass is 9.68. The van der Waals surface area contributed by atoms with E-state index in [0.29, 0.717) is 18.3 Å². The lowest BCUT2D eigenvalue weighted by molar-refractivity contribution is -0.138. The highest BCUT2D eigenvalue weighted by Crippen LogP contribution is 2.57. The minimum absolute atomic E-state index is 0.0797. The van der Waals surface area contributed by atoms with Gasteiger partial charge >= 0.3 is 5.97 Å². The molecule has 5 heteroatoms. The zero-order valence-electron chi connectivity index (χ0n) is 15.7. The van der Waals surface area contributed by atoms with Crippen LogP contribution < -0.4 is 10.1 Å². The summed E-state index contributed by atoms with van der Waals surface area (Å²) in [7, 11) is 1.66. The van der Waals surface area contributed by atoms with E-state index in [9.17, 15) is 9.59 Å². The van der Waals surface area contributed by atoms with Gasteiger partial charge in [0.25, 0.3) is 0 Å². The Hall–Kier alpha value is -2.04. The fourth-order valence-electron chi connectivity index (χ4n) is 4.95. The standard InChI is InChI=1S/C21H29NO4/c1-14(6-9-19(23)24)22-20(25)21(13-16-7-8-17(21)10-16)12-15-4-3-5-18(11-15)26-2/h3-5,11,14,16-17H,6-10,12-13H2,1-2H3,(H,22,25)(H,23,24). The number of methoxy groups -OCH3 is 1. The van der Waals surface area contributed by atoms with Gasteiger partial charge in [-0.25, -0.2) is 0 Å². The van der Waals surface area contributed by atoms with E-state index in [2.05, 4.69) is 11.4 Å². The summed E-state index contributed by atoms with van der Waals surface area (Å²) in [5.41, 5.74) is 0.762. The van der Waals surface area contributed by atoms with Crippen molar-refractivity contribution in [3.8, 4) is 5.75 Å². The van der Waals surface area contributed by atoms with E-state index < -0.39 is 5.97 Å². The van der Waals surface area contributed by atoms with Crippen molar-refractivity contribution in [1.29, 1.82) is 0 Å². The number of carboxylic acids is 1. The van der Waals surface area contributed by atoms with Gasteiger partial charge in [-0.3, -0.25) is 9.59 Å². The monoisotopic (exact) mass is 359 g/mol. The smallest absolute Gasteiger partial charge is 0.303 e. The third-order valence-electron chi connectivity index (χ3n) is 6.25. The molecule has 142 valence electrons. The number of amides is 1. The number of hydrogen-bond donors (Lipinski definition) is 2. The number of aliphatic carboxylic acids is 1. The lowest BCUT2D eigenvalue weighted by Crippen LogP contribution is -2.48. The summed E-state index contributed by atoms with van der Waals surface area (Å²) in [6.45, 7) is 1.90. The van der Waals surface area contributed by atoms with Crippen LogP contribution in [-0.2, 0) is 16.0 Å². The van der Waals surface area contributed by atoms with Crippen LogP contribution in [0, 0.1) is 17.3 Å².